The SMILES string of the molecule is CN=C(NCCc1ccccc1OC)NCCN1CCc2cc(OC)c(OC)cc2C1.I. The highest BCUT2D eigenvalue weighted by atomic mass is 127. The average Bonchev–Trinajstić information content (AvgIpc) is 2.82. The van der Waals surface area contributed by atoms with Crippen molar-refractivity contribution in [2.24, 2.45) is 4.99 Å². The summed E-state index contributed by atoms with van der Waals surface area (Å²) in [5.41, 5.74) is 3.84. The molecule has 0 saturated carbocycles. The second-order valence-corrected chi connectivity index (χ2v) is 7.49. The molecule has 3 rings (SSSR count). The van der Waals surface area contributed by atoms with Gasteiger partial charge in [0.1, 0.15) is 5.75 Å². The number of rotatable bonds is 9. The van der Waals surface area contributed by atoms with E-state index in [0.717, 1.165) is 68.8 Å². The lowest BCUT2D eigenvalue weighted by Crippen LogP contribution is -2.43. The van der Waals surface area contributed by atoms with Crippen LogP contribution in [0.1, 0.15) is 16.7 Å². The summed E-state index contributed by atoms with van der Waals surface area (Å²) in [5.74, 6) is 3.34. The maximum Gasteiger partial charge on any atom is 0.191 e. The molecule has 0 atom stereocenters. The summed E-state index contributed by atoms with van der Waals surface area (Å²) in [4.78, 5) is 6.78. The van der Waals surface area contributed by atoms with E-state index in [0.29, 0.717) is 0 Å². The number of benzene rings is 2. The standard InChI is InChI=1S/C24H34N4O3.HI/c1-25-24(26-11-9-18-7-5-6-8-21(18)29-2)27-12-14-28-13-10-19-15-22(30-3)23(31-4)16-20(19)17-28;/h5-8,15-16H,9-14,17H2,1-4H3,(H2,25,26,27);1H. The molecule has 2 aromatic rings. The van der Waals surface area contributed by atoms with Gasteiger partial charge in [-0.2, -0.15) is 0 Å². The Kier molecular flexibility index (Phi) is 10.9. The molecule has 1 aliphatic rings. The molecule has 8 heteroatoms. The zero-order valence-corrected chi connectivity index (χ0v) is 21.8. The molecule has 0 bridgehead atoms. The van der Waals surface area contributed by atoms with Crippen LogP contribution in [0.15, 0.2) is 41.4 Å². The fourth-order valence-electron chi connectivity index (χ4n) is 3.91. The minimum Gasteiger partial charge on any atom is -0.496 e. The number of hydrogen-bond donors (Lipinski definition) is 2. The Morgan fingerprint density at radius 3 is 2.28 bits per heavy atom. The molecular weight excluding hydrogens is 519 g/mol. The van der Waals surface area contributed by atoms with Gasteiger partial charge < -0.3 is 24.8 Å². The Labute approximate surface area is 208 Å². The van der Waals surface area contributed by atoms with Crippen molar-refractivity contribution >= 4 is 29.9 Å². The van der Waals surface area contributed by atoms with Gasteiger partial charge in [-0.15, -0.1) is 24.0 Å². The summed E-state index contributed by atoms with van der Waals surface area (Å²) < 4.78 is 16.3. The first-order chi connectivity index (χ1) is 15.2. The first kappa shape index (κ1) is 26.1. The molecule has 0 unspecified atom stereocenters. The summed E-state index contributed by atoms with van der Waals surface area (Å²) in [7, 11) is 6.87. The number of methoxy groups -OCH3 is 3. The molecule has 32 heavy (non-hydrogen) atoms. The van der Waals surface area contributed by atoms with Gasteiger partial charge in [0.05, 0.1) is 21.3 Å². The van der Waals surface area contributed by atoms with Gasteiger partial charge in [0.25, 0.3) is 0 Å². The van der Waals surface area contributed by atoms with Crippen LogP contribution in [0, 0.1) is 0 Å². The van der Waals surface area contributed by atoms with Crippen molar-refractivity contribution in [3.05, 3.63) is 53.1 Å². The fourth-order valence-corrected chi connectivity index (χ4v) is 3.91. The number of hydrogen-bond acceptors (Lipinski definition) is 5. The van der Waals surface area contributed by atoms with E-state index in [2.05, 4.69) is 38.7 Å². The summed E-state index contributed by atoms with van der Waals surface area (Å²) in [6, 6.07) is 12.3. The molecule has 0 fully saturated rings. The monoisotopic (exact) mass is 554 g/mol. The largest absolute Gasteiger partial charge is 0.496 e. The molecule has 1 heterocycles. The van der Waals surface area contributed by atoms with Crippen LogP contribution in [0.2, 0.25) is 0 Å². The molecule has 0 aromatic heterocycles. The van der Waals surface area contributed by atoms with Gasteiger partial charge >= 0.3 is 0 Å². The molecule has 2 N–H and O–H groups in total. The molecule has 0 amide bonds. The highest BCUT2D eigenvalue weighted by molar-refractivity contribution is 14.0. The summed E-state index contributed by atoms with van der Waals surface area (Å²) in [6.07, 6.45) is 1.89. The second-order valence-electron chi connectivity index (χ2n) is 7.49. The molecule has 0 spiro atoms. The second kappa shape index (κ2) is 13.4. The van der Waals surface area contributed by atoms with E-state index in [9.17, 15) is 0 Å². The Bertz CT molecular complexity index is 892. The number of nitrogens with one attached hydrogen (secondary N) is 2. The van der Waals surface area contributed by atoms with Crippen LogP contribution in [-0.4, -0.2) is 65.4 Å². The zero-order chi connectivity index (χ0) is 22.1. The van der Waals surface area contributed by atoms with E-state index in [-0.39, 0.29) is 24.0 Å². The predicted octanol–water partition coefficient (Wildman–Crippen LogP) is 3.10. The van der Waals surface area contributed by atoms with Gasteiger partial charge in [0.2, 0.25) is 0 Å². The molecule has 1 aliphatic heterocycles. The third-order valence-electron chi connectivity index (χ3n) is 5.62. The van der Waals surface area contributed by atoms with Crippen LogP contribution in [0.4, 0.5) is 0 Å². The minimum absolute atomic E-state index is 0. The molecule has 2 aromatic carbocycles. The smallest absolute Gasteiger partial charge is 0.191 e. The third kappa shape index (κ3) is 6.90. The molecule has 0 radical (unpaired) electrons. The highest BCUT2D eigenvalue weighted by Crippen LogP contribution is 2.33. The van der Waals surface area contributed by atoms with Gasteiger partial charge in [-0.3, -0.25) is 9.89 Å². The number of guanidine groups is 1. The lowest BCUT2D eigenvalue weighted by molar-refractivity contribution is 0.256. The molecule has 0 aliphatic carbocycles. The van der Waals surface area contributed by atoms with Crippen molar-refractivity contribution in [3.8, 4) is 17.2 Å². The predicted molar refractivity (Wildman–Crippen MR) is 140 cm³/mol. The first-order valence-electron chi connectivity index (χ1n) is 10.7. The Morgan fingerprint density at radius 2 is 1.59 bits per heavy atom. The Hall–Kier alpha value is -2.20. The fraction of sp³-hybridized carbons (Fsp3) is 0.458. The number of fused-ring (bicyclic) bond motifs is 1. The van der Waals surface area contributed by atoms with E-state index < -0.39 is 0 Å². The number of halogens is 1. The van der Waals surface area contributed by atoms with Gasteiger partial charge in [-0.1, -0.05) is 18.2 Å². The summed E-state index contributed by atoms with van der Waals surface area (Å²) in [6.45, 7) is 4.51. The molecule has 7 nitrogen and oxygen atoms in total. The first-order valence-corrected chi connectivity index (χ1v) is 10.7. The van der Waals surface area contributed by atoms with Crippen LogP contribution in [-0.2, 0) is 19.4 Å². The van der Waals surface area contributed by atoms with E-state index in [1.165, 1.54) is 16.7 Å². The lowest BCUT2D eigenvalue weighted by Gasteiger charge is -2.29. The molecule has 176 valence electrons. The van der Waals surface area contributed by atoms with Crippen LogP contribution >= 0.6 is 24.0 Å². The van der Waals surface area contributed by atoms with Crippen LogP contribution < -0.4 is 24.8 Å². The van der Waals surface area contributed by atoms with E-state index in [4.69, 9.17) is 14.2 Å². The van der Waals surface area contributed by atoms with Crippen molar-refractivity contribution in [1.82, 2.24) is 15.5 Å². The van der Waals surface area contributed by atoms with E-state index in [1.54, 1.807) is 28.4 Å². The van der Waals surface area contributed by atoms with Crippen molar-refractivity contribution in [2.45, 2.75) is 19.4 Å². The van der Waals surface area contributed by atoms with Crippen molar-refractivity contribution in [1.29, 1.82) is 0 Å². The van der Waals surface area contributed by atoms with Gasteiger partial charge in [-0.05, 0) is 47.7 Å². The topological polar surface area (TPSA) is 67.4 Å². The van der Waals surface area contributed by atoms with Crippen molar-refractivity contribution < 1.29 is 14.2 Å². The Balaban J connectivity index is 0.00000363. The van der Waals surface area contributed by atoms with Crippen LogP contribution in [0.5, 0.6) is 17.2 Å². The molecular formula is C24H35IN4O3. The highest BCUT2D eigenvalue weighted by Gasteiger charge is 2.19. The third-order valence-corrected chi connectivity index (χ3v) is 5.62. The maximum atomic E-state index is 5.46. The lowest BCUT2D eigenvalue weighted by atomic mass is 9.99. The zero-order valence-electron chi connectivity index (χ0n) is 19.4. The van der Waals surface area contributed by atoms with Crippen molar-refractivity contribution in [3.63, 3.8) is 0 Å². The Morgan fingerprint density at radius 1 is 0.938 bits per heavy atom. The number of ether oxygens (including phenoxy) is 3. The van der Waals surface area contributed by atoms with Crippen molar-refractivity contribution in [2.75, 3.05) is 54.6 Å². The summed E-state index contributed by atoms with van der Waals surface area (Å²) in [5, 5.41) is 6.80. The average molecular weight is 554 g/mol. The minimum atomic E-state index is 0. The van der Waals surface area contributed by atoms with E-state index >= 15 is 0 Å². The summed E-state index contributed by atoms with van der Waals surface area (Å²) >= 11 is 0. The quantitative estimate of drug-likeness (QED) is 0.282. The van der Waals surface area contributed by atoms with Gasteiger partial charge in [-0.25, -0.2) is 0 Å². The molecule has 0 saturated heterocycles. The number of nitrogens with zero attached hydrogens (tertiary/aromatic N) is 2. The van der Waals surface area contributed by atoms with Crippen LogP contribution in [0.3, 0.4) is 0 Å². The van der Waals surface area contributed by atoms with Gasteiger partial charge in [0, 0.05) is 39.8 Å². The van der Waals surface area contributed by atoms with E-state index in [1.807, 2.05) is 18.2 Å². The normalized spacial score (nSPS) is 13.6. The van der Waals surface area contributed by atoms with Crippen LogP contribution in [0.25, 0.3) is 0 Å². The van der Waals surface area contributed by atoms with Gasteiger partial charge in [0.15, 0.2) is 17.5 Å². The number of para-hydroxylation sites is 1. The maximum absolute atomic E-state index is 5.46. The number of aliphatic imine (C=N–C) groups is 1.